The summed E-state index contributed by atoms with van der Waals surface area (Å²) < 4.78 is 1.98. The molecule has 0 aromatic carbocycles. The first kappa shape index (κ1) is 22.0. The van der Waals surface area contributed by atoms with Crippen molar-refractivity contribution in [3.8, 4) is 17.3 Å². The largest absolute Gasteiger partial charge is 0.346 e. The second-order valence-electron chi connectivity index (χ2n) is 10.2. The predicted molar refractivity (Wildman–Crippen MR) is 130 cm³/mol. The molecular weight excluding hydrogens is 442 g/mol. The Kier molecular flexibility index (Phi) is 5.65. The topological polar surface area (TPSA) is 119 Å². The third-order valence-electron chi connectivity index (χ3n) is 8.14. The van der Waals surface area contributed by atoms with Crippen LogP contribution in [0.25, 0.3) is 22.3 Å². The fraction of sp³-hybridized carbons (Fsp3) is 0.560. The minimum absolute atomic E-state index is 0.0920. The van der Waals surface area contributed by atoms with E-state index in [0.717, 1.165) is 74.2 Å². The molecule has 1 saturated heterocycles. The Balaban J connectivity index is 1.10. The van der Waals surface area contributed by atoms with Crippen molar-refractivity contribution in [1.82, 2.24) is 39.8 Å². The average Bonchev–Trinajstić information content (AvgIpc) is 3.63. The van der Waals surface area contributed by atoms with Crippen LogP contribution in [0.2, 0.25) is 0 Å². The van der Waals surface area contributed by atoms with Crippen LogP contribution in [0.4, 0.5) is 4.79 Å². The lowest BCUT2D eigenvalue weighted by atomic mass is 9.70. The van der Waals surface area contributed by atoms with Crippen LogP contribution in [0.15, 0.2) is 31.0 Å². The third kappa shape index (κ3) is 4.04. The number of urea groups is 1. The molecule has 2 aliphatic carbocycles. The lowest BCUT2D eigenvalue weighted by molar-refractivity contribution is -0.0130. The van der Waals surface area contributed by atoms with Crippen molar-refractivity contribution in [2.45, 2.75) is 62.6 Å². The minimum atomic E-state index is -0.293. The Hall–Kier alpha value is -3.45. The summed E-state index contributed by atoms with van der Waals surface area (Å²) in [5.74, 6) is 0. The summed E-state index contributed by atoms with van der Waals surface area (Å²) in [6.07, 6.45) is 14.1. The molecule has 10 nitrogen and oxygen atoms in total. The number of fused-ring (bicyclic) bond motifs is 1. The fourth-order valence-corrected chi connectivity index (χ4v) is 6.07. The first-order valence-electron chi connectivity index (χ1n) is 12.7. The van der Waals surface area contributed by atoms with Gasteiger partial charge in [-0.05, 0) is 31.7 Å². The van der Waals surface area contributed by atoms with Gasteiger partial charge in [0.15, 0.2) is 0 Å². The summed E-state index contributed by atoms with van der Waals surface area (Å²) in [5.41, 5.74) is 2.28. The zero-order valence-corrected chi connectivity index (χ0v) is 19.9. The number of hydrogen-bond donors (Lipinski definition) is 2. The maximum Gasteiger partial charge on any atom is 0.317 e. The molecule has 6 rings (SSSR count). The average molecular weight is 474 g/mol. The number of carbonyl (C=O) groups is 1. The number of rotatable bonds is 5. The van der Waals surface area contributed by atoms with Gasteiger partial charge in [0.2, 0.25) is 0 Å². The van der Waals surface area contributed by atoms with Gasteiger partial charge in [-0.25, -0.2) is 14.8 Å². The third-order valence-corrected chi connectivity index (χ3v) is 8.14. The maximum atomic E-state index is 12.6. The van der Waals surface area contributed by atoms with Gasteiger partial charge in [-0.2, -0.15) is 10.4 Å². The van der Waals surface area contributed by atoms with Gasteiger partial charge >= 0.3 is 6.03 Å². The van der Waals surface area contributed by atoms with Crippen LogP contribution < -0.4 is 5.32 Å². The van der Waals surface area contributed by atoms with E-state index in [1.165, 1.54) is 12.8 Å². The molecule has 0 bridgehead atoms. The molecule has 3 aliphatic rings. The molecule has 182 valence electrons. The standard InChI is InChI=1S/C25H31N9O/c26-7-6-25(34-16-18(15-30-34)22-21-5-8-27-23(21)29-17-28-22)13-20(14-25)32-9-11-33(12-10-32)24(35)31-19-3-1-2-4-19/h5,8,15-17,19-20H,1-4,6,9-14H2,(H,31,35)(H,27,28,29)/t20-,25+. The highest BCUT2D eigenvalue weighted by molar-refractivity contribution is 5.90. The number of amides is 2. The highest BCUT2D eigenvalue weighted by atomic mass is 16.2. The number of carbonyl (C=O) groups excluding carboxylic acids is 1. The summed E-state index contributed by atoms with van der Waals surface area (Å²) in [7, 11) is 0. The van der Waals surface area contributed by atoms with Crippen molar-refractivity contribution < 1.29 is 4.79 Å². The van der Waals surface area contributed by atoms with Crippen LogP contribution in [0, 0.1) is 11.3 Å². The SMILES string of the molecule is N#CC[C@]1(n2cc(-c3ncnc4[nH]ccc34)cn2)C[C@@H](N2CCN(C(=O)NC3CCCC3)CC2)C1. The number of aromatic amines is 1. The fourth-order valence-electron chi connectivity index (χ4n) is 6.07. The summed E-state index contributed by atoms with van der Waals surface area (Å²) in [6, 6.07) is 5.22. The number of piperazine rings is 1. The van der Waals surface area contributed by atoms with E-state index in [4.69, 9.17) is 0 Å². The predicted octanol–water partition coefficient (Wildman–Crippen LogP) is 2.86. The van der Waals surface area contributed by atoms with Crippen LogP contribution in [-0.2, 0) is 5.54 Å². The number of hydrogen-bond acceptors (Lipinski definition) is 6. The Morgan fingerprint density at radius 2 is 2.00 bits per heavy atom. The maximum absolute atomic E-state index is 12.6. The molecule has 2 amide bonds. The number of nitrogens with one attached hydrogen (secondary N) is 2. The molecule has 1 aliphatic heterocycles. The lowest BCUT2D eigenvalue weighted by Gasteiger charge is -2.52. The van der Waals surface area contributed by atoms with Gasteiger partial charge in [0.05, 0.1) is 29.9 Å². The van der Waals surface area contributed by atoms with Gasteiger partial charge < -0.3 is 15.2 Å². The molecule has 0 atom stereocenters. The van der Waals surface area contributed by atoms with Crippen LogP contribution in [0.1, 0.15) is 44.9 Å². The first-order chi connectivity index (χ1) is 17.1. The lowest BCUT2D eigenvalue weighted by Crippen LogP contribution is -2.61. The number of aromatic nitrogens is 5. The Morgan fingerprint density at radius 3 is 2.77 bits per heavy atom. The van der Waals surface area contributed by atoms with Gasteiger partial charge in [0.25, 0.3) is 0 Å². The highest BCUT2D eigenvalue weighted by Gasteiger charge is 2.49. The number of H-pyrrole nitrogens is 1. The second-order valence-corrected chi connectivity index (χ2v) is 10.2. The quantitative estimate of drug-likeness (QED) is 0.588. The van der Waals surface area contributed by atoms with E-state index < -0.39 is 0 Å². The molecule has 2 N–H and O–H groups in total. The monoisotopic (exact) mass is 473 g/mol. The molecular formula is C25H31N9O. The van der Waals surface area contributed by atoms with Crippen molar-refractivity contribution in [2.24, 2.45) is 0 Å². The summed E-state index contributed by atoms with van der Waals surface area (Å²) in [6.45, 7) is 3.27. The summed E-state index contributed by atoms with van der Waals surface area (Å²) in [4.78, 5) is 28.9. The van der Waals surface area contributed by atoms with Gasteiger partial charge in [0, 0.05) is 61.6 Å². The van der Waals surface area contributed by atoms with Gasteiger partial charge in [-0.15, -0.1) is 0 Å². The zero-order chi connectivity index (χ0) is 23.8. The van der Waals surface area contributed by atoms with Crippen molar-refractivity contribution >= 4 is 17.1 Å². The second kappa shape index (κ2) is 8.96. The summed E-state index contributed by atoms with van der Waals surface area (Å²) >= 11 is 0. The molecule has 4 heterocycles. The van der Waals surface area contributed by atoms with E-state index in [2.05, 4.69) is 36.3 Å². The van der Waals surface area contributed by atoms with Crippen LogP contribution in [-0.4, -0.2) is 78.8 Å². The molecule has 3 aromatic heterocycles. The van der Waals surface area contributed by atoms with E-state index in [1.807, 2.05) is 34.2 Å². The molecule has 10 heteroatoms. The van der Waals surface area contributed by atoms with Crippen molar-refractivity contribution in [3.05, 3.63) is 31.0 Å². The highest BCUT2D eigenvalue weighted by Crippen LogP contribution is 2.45. The minimum Gasteiger partial charge on any atom is -0.346 e. The van der Waals surface area contributed by atoms with Crippen molar-refractivity contribution in [1.29, 1.82) is 5.26 Å². The van der Waals surface area contributed by atoms with E-state index in [1.54, 1.807) is 6.33 Å². The van der Waals surface area contributed by atoms with Crippen LogP contribution in [0.3, 0.4) is 0 Å². The van der Waals surface area contributed by atoms with Gasteiger partial charge in [0.1, 0.15) is 12.0 Å². The van der Waals surface area contributed by atoms with Crippen LogP contribution in [0.5, 0.6) is 0 Å². The summed E-state index contributed by atoms with van der Waals surface area (Å²) in [5, 5.41) is 18.4. The Bertz CT molecular complexity index is 1240. The zero-order valence-electron chi connectivity index (χ0n) is 19.9. The number of nitriles is 1. The molecule has 0 radical (unpaired) electrons. The van der Waals surface area contributed by atoms with E-state index in [-0.39, 0.29) is 11.6 Å². The number of nitrogens with zero attached hydrogens (tertiary/aromatic N) is 7. The van der Waals surface area contributed by atoms with Crippen molar-refractivity contribution in [2.75, 3.05) is 26.2 Å². The molecule has 3 aromatic rings. The molecule has 0 spiro atoms. The smallest absolute Gasteiger partial charge is 0.317 e. The van der Waals surface area contributed by atoms with E-state index in [0.29, 0.717) is 18.5 Å². The molecule has 0 unspecified atom stereocenters. The normalized spacial score (nSPS) is 25.5. The molecule has 35 heavy (non-hydrogen) atoms. The van der Waals surface area contributed by atoms with Gasteiger partial charge in [-0.1, -0.05) is 12.8 Å². The van der Waals surface area contributed by atoms with Crippen LogP contribution >= 0.6 is 0 Å². The Morgan fingerprint density at radius 1 is 1.20 bits per heavy atom. The van der Waals surface area contributed by atoms with E-state index in [9.17, 15) is 10.1 Å². The van der Waals surface area contributed by atoms with Crippen molar-refractivity contribution in [3.63, 3.8) is 0 Å². The van der Waals surface area contributed by atoms with E-state index >= 15 is 0 Å². The Labute approximate surface area is 204 Å². The molecule has 3 fully saturated rings. The van der Waals surface area contributed by atoms with Gasteiger partial charge in [-0.3, -0.25) is 9.58 Å². The first-order valence-corrected chi connectivity index (χ1v) is 12.7. The molecule has 2 saturated carbocycles.